The van der Waals surface area contributed by atoms with Gasteiger partial charge in [0, 0.05) is 5.97 Å². The van der Waals surface area contributed by atoms with Gasteiger partial charge in [-0.25, -0.2) is 0 Å². The molecule has 0 heterocycles. The second kappa shape index (κ2) is 15.7. The van der Waals surface area contributed by atoms with Crippen molar-refractivity contribution in [2.24, 2.45) is 0 Å². The van der Waals surface area contributed by atoms with Crippen molar-refractivity contribution in [1.82, 2.24) is 0 Å². The Morgan fingerprint density at radius 3 is 1.62 bits per heavy atom. The zero-order chi connectivity index (χ0) is 6.28. The van der Waals surface area contributed by atoms with Gasteiger partial charge in [0.15, 0.2) is 0 Å². The van der Waals surface area contributed by atoms with E-state index in [1.165, 1.54) is 0 Å². The molecule has 0 amide bonds. The summed E-state index contributed by atoms with van der Waals surface area (Å²) in [5.41, 5.74) is 0. The maximum absolute atomic E-state index is 8.89. The molecule has 0 unspecified atom stereocenters. The normalized spacial score (nSPS) is 5.38. The molecule has 8 heavy (non-hydrogen) atoms. The van der Waals surface area contributed by atoms with Gasteiger partial charge in [-0.15, -0.1) is 23.2 Å². The maximum atomic E-state index is 8.89. The fourth-order valence-corrected chi connectivity index (χ4v) is 0. The standard InChI is InChI=1S/C2H4O2.CH2Cl2.Ag/c1-2(3)4;2-1-3;/h1H3,(H,3,4);1H2;/q;;+1/p-1. The number of carbonyl (C=O) groups is 1. The topological polar surface area (TPSA) is 40.1 Å². The van der Waals surface area contributed by atoms with Crippen LogP contribution >= 0.6 is 23.2 Å². The molecule has 0 saturated carbocycles. The van der Waals surface area contributed by atoms with E-state index in [1.54, 1.807) is 0 Å². The van der Waals surface area contributed by atoms with Crippen LogP contribution in [-0.4, -0.2) is 11.3 Å². The van der Waals surface area contributed by atoms with E-state index in [4.69, 9.17) is 33.1 Å². The second-order valence-corrected chi connectivity index (χ2v) is 1.40. The summed E-state index contributed by atoms with van der Waals surface area (Å²) < 4.78 is 0. The summed E-state index contributed by atoms with van der Waals surface area (Å²) in [6, 6.07) is 0. The van der Waals surface area contributed by atoms with Crippen LogP contribution in [0.1, 0.15) is 6.92 Å². The smallest absolute Gasteiger partial charge is 0.550 e. The molecular weight excluding hydrogens is 247 g/mol. The van der Waals surface area contributed by atoms with Crippen LogP contribution in [0.15, 0.2) is 0 Å². The first-order valence-electron chi connectivity index (χ1n) is 1.44. The van der Waals surface area contributed by atoms with Crippen LogP contribution in [0, 0.1) is 0 Å². The molecule has 0 aromatic rings. The second-order valence-electron chi connectivity index (χ2n) is 0.593. The average molecular weight is 252 g/mol. The molecule has 2 nitrogen and oxygen atoms in total. The van der Waals surface area contributed by atoms with Crippen LogP contribution in [-0.2, 0) is 27.2 Å². The van der Waals surface area contributed by atoms with Crippen molar-refractivity contribution in [2.45, 2.75) is 6.92 Å². The van der Waals surface area contributed by atoms with Crippen molar-refractivity contribution in [1.29, 1.82) is 0 Å². The SMILES string of the molecule is CC(=O)[O-].ClCCl.[Ag+]. The fourth-order valence-electron chi connectivity index (χ4n) is 0. The van der Waals surface area contributed by atoms with Crippen LogP contribution in [0.2, 0.25) is 0 Å². The Balaban J connectivity index is -0.0000000575. The molecular formula is C3H5AgCl2O2. The van der Waals surface area contributed by atoms with Gasteiger partial charge in [0.2, 0.25) is 0 Å². The molecule has 0 rings (SSSR count). The van der Waals surface area contributed by atoms with Crippen molar-refractivity contribution in [3.05, 3.63) is 0 Å². The molecule has 0 aromatic heterocycles. The molecule has 0 fully saturated rings. The molecule has 54 valence electrons. The van der Waals surface area contributed by atoms with E-state index in [0.29, 0.717) is 0 Å². The zero-order valence-corrected chi connectivity index (χ0v) is 7.08. The van der Waals surface area contributed by atoms with E-state index in [2.05, 4.69) is 0 Å². The number of carboxylic acid groups (broad SMARTS) is 1. The fraction of sp³-hybridized carbons (Fsp3) is 0.667. The largest absolute Gasteiger partial charge is 1.00 e. The summed E-state index contributed by atoms with van der Waals surface area (Å²) in [5.74, 6) is -1.08. The molecule has 5 heteroatoms. The minimum Gasteiger partial charge on any atom is -0.550 e. The predicted octanol–water partition coefficient (Wildman–Crippen LogP) is 0.175. The number of carbonyl (C=O) groups excluding carboxylic acids is 1. The van der Waals surface area contributed by atoms with Crippen LogP contribution in [0.4, 0.5) is 0 Å². The Kier molecular flexibility index (Phi) is 31.1. The molecule has 0 aliphatic rings. The first-order chi connectivity index (χ1) is 3.15. The molecule has 0 spiro atoms. The van der Waals surface area contributed by atoms with Gasteiger partial charge in [0.1, 0.15) is 0 Å². The molecule has 0 radical (unpaired) electrons. The van der Waals surface area contributed by atoms with Crippen molar-refractivity contribution in [2.75, 3.05) is 5.34 Å². The monoisotopic (exact) mass is 250 g/mol. The number of aliphatic carboxylic acids is 1. The summed E-state index contributed by atoms with van der Waals surface area (Å²) >= 11 is 9.53. The molecule has 0 aliphatic heterocycles. The van der Waals surface area contributed by atoms with Crippen molar-refractivity contribution < 1.29 is 32.3 Å². The van der Waals surface area contributed by atoms with Crippen molar-refractivity contribution >= 4 is 29.2 Å². The zero-order valence-electron chi connectivity index (χ0n) is 4.08. The first-order valence-corrected chi connectivity index (χ1v) is 2.51. The minimum absolute atomic E-state index is 0. The third kappa shape index (κ3) is 365. The number of halogens is 2. The Labute approximate surface area is 73.7 Å². The summed E-state index contributed by atoms with van der Waals surface area (Å²) in [6.45, 7) is 0.972. The molecule has 0 aliphatic carbocycles. The van der Waals surface area contributed by atoms with E-state index in [9.17, 15) is 0 Å². The van der Waals surface area contributed by atoms with Gasteiger partial charge in [0.25, 0.3) is 0 Å². The molecule has 0 atom stereocenters. The van der Waals surface area contributed by atoms with Gasteiger partial charge in [-0.3, -0.25) is 0 Å². The Morgan fingerprint density at radius 1 is 1.62 bits per heavy atom. The number of carboxylic acids is 1. The number of hydrogen-bond acceptors (Lipinski definition) is 2. The van der Waals surface area contributed by atoms with Crippen LogP contribution in [0.5, 0.6) is 0 Å². The van der Waals surface area contributed by atoms with Crippen LogP contribution < -0.4 is 5.11 Å². The van der Waals surface area contributed by atoms with Gasteiger partial charge >= 0.3 is 22.4 Å². The molecule has 0 saturated heterocycles. The number of alkyl halides is 2. The third-order valence-electron chi connectivity index (χ3n) is 0. The minimum atomic E-state index is -1.08. The predicted molar refractivity (Wildman–Crippen MR) is 27.3 cm³/mol. The summed E-state index contributed by atoms with van der Waals surface area (Å²) in [4.78, 5) is 8.89. The van der Waals surface area contributed by atoms with Gasteiger partial charge < -0.3 is 9.90 Å². The van der Waals surface area contributed by atoms with E-state index in [0.717, 1.165) is 6.92 Å². The van der Waals surface area contributed by atoms with Gasteiger partial charge in [0.05, 0.1) is 5.34 Å². The average Bonchev–Trinajstić information content (AvgIpc) is 1.33. The Bertz CT molecular complexity index is 46.5. The van der Waals surface area contributed by atoms with Gasteiger partial charge in [-0.05, 0) is 6.92 Å². The summed E-state index contributed by atoms with van der Waals surface area (Å²) in [5, 5.41) is 9.08. The first kappa shape index (κ1) is 15.9. The third-order valence-corrected chi connectivity index (χ3v) is 0. The van der Waals surface area contributed by atoms with Gasteiger partial charge in [-0.1, -0.05) is 0 Å². The maximum Gasteiger partial charge on any atom is 1.00 e. The number of hydrogen-bond donors (Lipinski definition) is 0. The Hall–Kier alpha value is 0.790. The summed E-state index contributed by atoms with van der Waals surface area (Å²) in [7, 11) is 0. The van der Waals surface area contributed by atoms with Gasteiger partial charge in [-0.2, -0.15) is 0 Å². The molecule has 0 N–H and O–H groups in total. The van der Waals surface area contributed by atoms with E-state index >= 15 is 0 Å². The quantitative estimate of drug-likeness (QED) is 0.455. The van der Waals surface area contributed by atoms with E-state index in [1.807, 2.05) is 0 Å². The summed E-state index contributed by atoms with van der Waals surface area (Å²) in [6.07, 6.45) is 0. The van der Waals surface area contributed by atoms with Crippen molar-refractivity contribution in [3.63, 3.8) is 0 Å². The Morgan fingerprint density at radius 2 is 1.62 bits per heavy atom. The molecule has 0 bridgehead atoms. The molecule has 0 aromatic carbocycles. The van der Waals surface area contributed by atoms with E-state index < -0.39 is 5.97 Å². The van der Waals surface area contributed by atoms with E-state index in [-0.39, 0.29) is 27.7 Å². The van der Waals surface area contributed by atoms with Crippen molar-refractivity contribution in [3.8, 4) is 0 Å². The van der Waals surface area contributed by atoms with Crippen LogP contribution in [0.25, 0.3) is 0 Å². The van der Waals surface area contributed by atoms with Crippen LogP contribution in [0.3, 0.4) is 0 Å². The number of rotatable bonds is 0.